The quantitative estimate of drug-likeness (QED) is 0.726. The number of nitrogens with zero attached hydrogens (tertiary/aromatic N) is 3. The van der Waals surface area contributed by atoms with E-state index in [2.05, 4.69) is 35.8 Å². The molecule has 0 aliphatic heterocycles. The molecule has 2 heterocycles. The summed E-state index contributed by atoms with van der Waals surface area (Å²) >= 11 is 0. The normalized spacial score (nSPS) is 12.7. The molecule has 0 spiro atoms. The minimum atomic E-state index is -0.507. The predicted octanol–water partition coefficient (Wildman–Crippen LogP) is 2.51. The van der Waals surface area contributed by atoms with Crippen molar-refractivity contribution in [3.63, 3.8) is 0 Å². The zero-order valence-electron chi connectivity index (χ0n) is 14.0. The Balaban J connectivity index is 1.92. The van der Waals surface area contributed by atoms with Crippen LogP contribution in [0.1, 0.15) is 26.8 Å². The standard InChI is InChI=1S/C17H21N5O2/c1-10(2)11(3)22-17-14(8-19-22)20-16(21-17)12-5-4-6-13(7-12)24-9-15(18)23/h4-8,10-11H,9H2,1-3H3,(H2,18,23)(H,20,21). The Kier molecular flexibility index (Phi) is 4.24. The van der Waals surface area contributed by atoms with E-state index in [1.54, 1.807) is 12.3 Å². The molecule has 1 unspecified atom stereocenters. The highest BCUT2D eigenvalue weighted by Gasteiger charge is 2.17. The van der Waals surface area contributed by atoms with Crippen molar-refractivity contribution >= 4 is 17.1 Å². The number of rotatable bonds is 6. The fraction of sp³-hybridized carbons (Fsp3) is 0.353. The van der Waals surface area contributed by atoms with Crippen molar-refractivity contribution in [3.05, 3.63) is 30.5 Å². The summed E-state index contributed by atoms with van der Waals surface area (Å²) in [6.45, 7) is 6.30. The number of H-pyrrole nitrogens is 1. The van der Waals surface area contributed by atoms with Gasteiger partial charge in [-0.2, -0.15) is 5.10 Å². The third kappa shape index (κ3) is 3.10. The summed E-state index contributed by atoms with van der Waals surface area (Å²) in [6.07, 6.45) is 1.79. The van der Waals surface area contributed by atoms with Crippen LogP contribution in [0.5, 0.6) is 5.75 Å². The van der Waals surface area contributed by atoms with Crippen molar-refractivity contribution in [2.75, 3.05) is 6.61 Å². The smallest absolute Gasteiger partial charge is 0.255 e. The number of hydrogen-bond acceptors (Lipinski definition) is 4. The first-order valence-corrected chi connectivity index (χ1v) is 7.90. The van der Waals surface area contributed by atoms with E-state index in [1.165, 1.54) is 0 Å². The van der Waals surface area contributed by atoms with Gasteiger partial charge >= 0.3 is 0 Å². The van der Waals surface area contributed by atoms with Crippen molar-refractivity contribution in [1.82, 2.24) is 19.7 Å². The lowest BCUT2D eigenvalue weighted by molar-refractivity contribution is -0.119. The molecule has 0 aliphatic carbocycles. The molecule has 3 aromatic rings. The van der Waals surface area contributed by atoms with Crippen LogP contribution in [0.3, 0.4) is 0 Å². The Morgan fingerprint density at radius 1 is 1.38 bits per heavy atom. The number of imidazole rings is 1. The topological polar surface area (TPSA) is 98.8 Å². The van der Waals surface area contributed by atoms with E-state index in [4.69, 9.17) is 10.5 Å². The van der Waals surface area contributed by atoms with E-state index in [9.17, 15) is 4.79 Å². The maximum Gasteiger partial charge on any atom is 0.255 e. The van der Waals surface area contributed by atoms with E-state index in [0.717, 1.165) is 22.6 Å². The van der Waals surface area contributed by atoms with Gasteiger partial charge in [-0.3, -0.25) is 4.79 Å². The summed E-state index contributed by atoms with van der Waals surface area (Å²) in [5.74, 6) is 1.26. The highest BCUT2D eigenvalue weighted by molar-refractivity contribution is 5.77. The molecular formula is C17H21N5O2. The second-order valence-corrected chi connectivity index (χ2v) is 6.18. The number of fused-ring (bicyclic) bond motifs is 1. The lowest BCUT2D eigenvalue weighted by Crippen LogP contribution is -2.19. The Labute approximate surface area is 139 Å². The van der Waals surface area contributed by atoms with Crippen LogP contribution in [0.25, 0.3) is 22.6 Å². The Hall–Kier alpha value is -2.83. The molecule has 0 radical (unpaired) electrons. The Morgan fingerprint density at radius 3 is 2.88 bits per heavy atom. The van der Waals surface area contributed by atoms with Gasteiger partial charge in [0.2, 0.25) is 0 Å². The van der Waals surface area contributed by atoms with Crippen molar-refractivity contribution in [2.45, 2.75) is 26.8 Å². The summed E-state index contributed by atoms with van der Waals surface area (Å²) in [5, 5.41) is 4.42. The molecule has 126 valence electrons. The number of ether oxygens (including phenoxy) is 1. The highest BCUT2D eigenvalue weighted by Crippen LogP contribution is 2.26. The van der Waals surface area contributed by atoms with Crippen LogP contribution in [0.15, 0.2) is 30.5 Å². The number of amides is 1. The van der Waals surface area contributed by atoms with Crippen LogP contribution in [0, 0.1) is 5.92 Å². The molecule has 7 heteroatoms. The molecule has 0 bridgehead atoms. The SMILES string of the molecule is CC(C)C(C)n1ncc2[nH]c(-c3cccc(OCC(N)=O)c3)nc21. The molecule has 0 aliphatic rings. The van der Waals surface area contributed by atoms with Crippen LogP contribution >= 0.6 is 0 Å². The minimum Gasteiger partial charge on any atom is -0.484 e. The predicted molar refractivity (Wildman–Crippen MR) is 91.6 cm³/mol. The largest absolute Gasteiger partial charge is 0.484 e. The Bertz CT molecular complexity index is 865. The fourth-order valence-corrected chi connectivity index (χ4v) is 2.42. The fourth-order valence-electron chi connectivity index (χ4n) is 2.42. The highest BCUT2D eigenvalue weighted by atomic mass is 16.5. The van der Waals surface area contributed by atoms with Crippen LogP contribution in [-0.2, 0) is 4.79 Å². The van der Waals surface area contributed by atoms with E-state index in [-0.39, 0.29) is 12.6 Å². The van der Waals surface area contributed by atoms with Gasteiger partial charge in [0, 0.05) is 5.56 Å². The van der Waals surface area contributed by atoms with Gasteiger partial charge in [0.25, 0.3) is 5.91 Å². The average molecular weight is 327 g/mol. The van der Waals surface area contributed by atoms with Gasteiger partial charge in [0.05, 0.1) is 12.2 Å². The maximum absolute atomic E-state index is 10.8. The summed E-state index contributed by atoms with van der Waals surface area (Å²) in [7, 11) is 0. The number of carbonyl (C=O) groups is 1. The van der Waals surface area contributed by atoms with Crippen molar-refractivity contribution < 1.29 is 9.53 Å². The lowest BCUT2D eigenvalue weighted by atomic mass is 10.1. The van der Waals surface area contributed by atoms with Crippen LogP contribution in [0.4, 0.5) is 0 Å². The molecule has 3 rings (SSSR count). The maximum atomic E-state index is 10.8. The van der Waals surface area contributed by atoms with Gasteiger partial charge < -0.3 is 15.5 Å². The number of nitrogens with one attached hydrogen (secondary N) is 1. The van der Waals surface area contributed by atoms with Gasteiger partial charge in [-0.05, 0) is 25.0 Å². The molecule has 1 aromatic carbocycles. The molecule has 0 fully saturated rings. The summed E-state index contributed by atoms with van der Waals surface area (Å²) < 4.78 is 7.28. The number of hydrogen-bond donors (Lipinski definition) is 2. The minimum absolute atomic E-state index is 0.148. The van der Waals surface area contributed by atoms with Crippen LogP contribution < -0.4 is 10.5 Å². The molecule has 3 N–H and O–H groups in total. The molecule has 1 atom stereocenters. The molecule has 2 aromatic heterocycles. The Morgan fingerprint density at radius 2 is 2.17 bits per heavy atom. The molecule has 0 saturated carbocycles. The van der Waals surface area contributed by atoms with E-state index < -0.39 is 5.91 Å². The van der Waals surface area contributed by atoms with Crippen molar-refractivity contribution in [3.8, 4) is 17.1 Å². The van der Waals surface area contributed by atoms with Crippen LogP contribution in [0.2, 0.25) is 0 Å². The number of nitrogens with two attached hydrogens (primary N) is 1. The second-order valence-electron chi connectivity index (χ2n) is 6.18. The monoisotopic (exact) mass is 327 g/mol. The molecule has 7 nitrogen and oxygen atoms in total. The first kappa shape index (κ1) is 16.0. The zero-order chi connectivity index (χ0) is 17.3. The van der Waals surface area contributed by atoms with E-state index in [0.29, 0.717) is 11.7 Å². The van der Waals surface area contributed by atoms with Gasteiger partial charge in [0.15, 0.2) is 12.3 Å². The number of benzene rings is 1. The zero-order valence-corrected chi connectivity index (χ0v) is 14.0. The van der Waals surface area contributed by atoms with Crippen LogP contribution in [-0.4, -0.2) is 32.3 Å². The summed E-state index contributed by atoms with van der Waals surface area (Å²) in [4.78, 5) is 18.8. The average Bonchev–Trinajstić information content (AvgIpc) is 3.12. The van der Waals surface area contributed by atoms with Gasteiger partial charge in [-0.15, -0.1) is 0 Å². The number of aromatic amines is 1. The molecule has 0 saturated heterocycles. The number of carbonyl (C=O) groups excluding carboxylic acids is 1. The second kappa shape index (κ2) is 6.35. The molecule has 1 amide bonds. The molecule has 24 heavy (non-hydrogen) atoms. The lowest BCUT2D eigenvalue weighted by Gasteiger charge is -2.15. The van der Waals surface area contributed by atoms with Gasteiger partial charge in [-0.1, -0.05) is 26.0 Å². The molecular weight excluding hydrogens is 306 g/mol. The van der Waals surface area contributed by atoms with Crippen molar-refractivity contribution in [1.29, 1.82) is 0 Å². The first-order chi connectivity index (χ1) is 11.5. The number of primary amides is 1. The third-order valence-electron chi connectivity index (χ3n) is 4.08. The summed E-state index contributed by atoms with van der Waals surface area (Å²) in [5.41, 5.74) is 7.69. The summed E-state index contributed by atoms with van der Waals surface area (Å²) in [6, 6.07) is 7.63. The van der Waals surface area contributed by atoms with Crippen molar-refractivity contribution in [2.24, 2.45) is 11.7 Å². The first-order valence-electron chi connectivity index (χ1n) is 7.90. The van der Waals surface area contributed by atoms with E-state index in [1.807, 2.05) is 22.9 Å². The van der Waals surface area contributed by atoms with E-state index >= 15 is 0 Å². The number of aromatic nitrogens is 4. The third-order valence-corrected chi connectivity index (χ3v) is 4.08. The van der Waals surface area contributed by atoms with Gasteiger partial charge in [-0.25, -0.2) is 9.67 Å². The van der Waals surface area contributed by atoms with Gasteiger partial charge in [0.1, 0.15) is 17.1 Å².